The molecule has 9 heteroatoms. The van der Waals surface area contributed by atoms with E-state index in [1.807, 2.05) is 0 Å². The minimum Gasteiger partial charge on any atom is -0.324 e. The number of benzene rings is 1. The molecule has 0 unspecified atom stereocenters. The number of carbonyl (C=O) groups excluding carboxylic acids is 2. The number of carbonyl (C=O) groups is 2. The maximum atomic E-state index is 12.9. The van der Waals surface area contributed by atoms with Crippen molar-refractivity contribution >= 4 is 28.9 Å². The van der Waals surface area contributed by atoms with Gasteiger partial charge >= 0.3 is 0 Å². The molecule has 0 aliphatic carbocycles. The molecule has 1 aromatic carbocycles. The van der Waals surface area contributed by atoms with Crippen LogP contribution < -0.4 is 15.8 Å². The van der Waals surface area contributed by atoms with Crippen molar-refractivity contribution in [3.63, 3.8) is 0 Å². The number of pyridine rings is 1. The third-order valence-corrected chi connectivity index (χ3v) is 4.11. The van der Waals surface area contributed by atoms with E-state index in [-0.39, 0.29) is 24.6 Å². The first-order valence-corrected chi connectivity index (χ1v) is 7.92. The van der Waals surface area contributed by atoms with Crippen molar-refractivity contribution in [2.45, 2.75) is 25.9 Å². The van der Waals surface area contributed by atoms with Crippen molar-refractivity contribution in [1.29, 1.82) is 0 Å². The third-order valence-electron chi connectivity index (χ3n) is 4.11. The van der Waals surface area contributed by atoms with Crippen molar-refractivity contribution in [3.05, 3.63) is 63.1 Å². The van der Waals surface area contributed by atoms with E-state index in [0.29, 0.717) is 11.4 Å². The van der Waals surface area contributed by atoms with Crippen molar-refractivity contribution in [3.8, 4) is 0 Å². The van der Waals surface area contributed by atoms with Gasteiger partial charge in [-0.1, -0.05) is 12.1 Å². The van der Waals surface area contributed by atoms with Crippen LogP contribution in [0, 0.1) is 10.1 Å². The molecule has 0 saturated heterocycles. The molecular weight excluding hydrogens is 340 g/mol. The summed E-state index contributed by atoms with van der Waals surface area (Å²) in [7, 11) is 0. The second kappa shape index (κ2) is 6.79. The van der Waals surface area contributed by atoms with E-state index in [4.69, 9.17) is 0 Å². The Morgan fingerprint density at radius 2 is 2.00 bits per heavy atom. The van der Waals surface area contributed by atoms with Crippen LogP contribution in [0.15, 0.2) is 47.4 Å². The molecule has 3 rings (SSSR count). The highest BCUT2D eigenvalue weighted by Crippen LogP contribution is 2.31. The molecule has 1 aromatic heterocycles. The lowest BCUT2D eigenvalue weighted by Gasteiger charge is -2.28. The first kappa shape index (κ1) is 17.3. The van der Waals surface area contributed by atoms with Crippen LogP contribution in [0.1, 0.15) is 13.3 Å². The summed E-state index contributed by atoms with van der Waals surface area (Å²) in [6, 6.07) is 8.58. The minimum absolute atomic E-state index is 0.101. The van der Waals surface area contributed by atoms with Crippen molar-refractivity contribution in [2.75, 3.05) is 10.2 Å². The van der Waals surface area contributed by atoms with Crippen LogP contribution >= 0.6 is 0 Å². The zero-order chi connectivity index (χ0) is 18.8. The molecule has 0 spiro atoms. The molecule has 0 fully saturated rings. The number of nitrogens with zero attached hydrogens (tertiary/aromatic N) is 3. The van der Waals surface area contributed by atoms with Crippen molar-refractivity contribution < 1.29 is 14.5 Å². The highest BCUT2D eigenvalue weighted by Gasteiger charge is 2.29. The SMILES string of the molecule is C[C@H]1CC(=O)Nc2ccccc2N1C(=O)Cn1cc([N+](=O)[O-])ccc1=O. The molecule has 134 valence electrons. The number of nitro groups is 1. The molecule has 1 atom stereocenters. The van der Waals surface area contributed by atoms with Crippen LogP contribution in [0.25, 0.3) is 0 Å². The quantitative estimate of drug-likeness (QED) is 0.661. The Morgan fingerprint density at radius 1 is 1.27 bits per heavy atom. The Kier molecular flexibility index (Phi) is 4.53. The number of hydrogen-bond acceptors (Lipinski definition) is 5. The average molecular weight is 356 g/mol. The fraction of sp³-hybridized carbons (Fsp3) is 0.235. The molecule has 26 heavy (non-hydrogen) atoms. The zero-order valence-electron chi connectivity index (χ0n) is 13.9. The highest BCUT2D eigenvalue weighted by molar-refractivity contribution is 6.04. The highest BCUT2D eigenvalue weighted by atomic mass is 16.6. The van der Waals surface area contributed by atoms with E-state index in [0.717, 1.165) is 22.9 Å². The van der Waals surface area contributed by atoms with Crippen LogP contribution in [-0.4, -0.2) is 27.3 Å². The maximum absolute atomic E-state index is 12.9. The molecule has 9 nitrogen and oxygen atoms in total. The number of amides is 2. The standard InChI is InChI=1S/C17H16N4O5/c1-11-8-15(22)18-13-4-2-3-5-14(13)20(11)17(24)10-19-9-12(21(25)26)6-7-16(19)23/h2-7,9,11H,8,10H2,1H3,(H,18,22)/t11-/m0/s1. The van der Waals surface area contributed by atoms with Gasteiger partial charge in [-0.15, -0.1) is 0 Å². The van der Waals surface area contributed by atoms with E-state index >= 15 is 0 Å². The summed E-state index contributed by atoms with van der Waals surface area (Å²) in [6.45, 7) is 1.36. The first-order chi connectivity index (χ1) is 12.4. The summed E-state index contributed by atoms with van der Waals surface area (Å²) < 4.78 is 0.996. The Morgan fingerprint density at radius 3 is 2.73 bits per heavy atom. The monoisotopic (exact) mass is 356 g/mol. The number of rotatable bonds is 3. The van der Waals surface area contributed by atoms with Gasteiger partial charge in [-0.05, 0) is 19.1 Å². The number of nitrogens with one attached hydrogen (secondary N) is 1. The summed E-state index contributed by atoms with van der Waals surface area (Å²) in [5.41, 5.74) is 0.225. The van der Waals surface area contributed by atoms with Crippen molar-refractivity contribution in [1.82, 2.24) is 4.57 Å². The number of anilines is 2. The molecule has 1 N–H and O–H groups in total. The van der Waals surface area contributed by atoms with E-state index in [1.165, 1.54) is 4.90 Å². The number of aromatic nitrogens is 1. The molecular formula is C17H16N4O5. The lowest BCUT2D eigenvalue weighted by atomic mass is 10.1. The predicted octanol–water partition coefficient (Wildman–Crippen LogP) is 1.52. The molecule has 1 aliphatic heterocycles. The molecule has 1 aliphatic rings. The largest absolute Gasteiger partial charge is 0.324 e. The van der Waals surface area contributed by atoms with Gasteiger partial charge in [0, 0.05) is 24.6 Å². The lowest BCUT2D eigenvalue weighted by molar-refractivity contribution is -0.385. The molecule has 2 heterocycles. The minimum atomic E-state index is -0.632. The second-order valence-corrected chi connectivity index (χ2v) is 5.99. The summed E-state index contributed by atoms with van der Waals surface area (Å²) in [5.74, 6) is -0.656. The third kappa shape index (κ3) is 3.32. The zero-order valence-corrected chi connectivity index (χ0v) is 13.9. The number of para-hydroxylation sites is 2. The smallest absolute Gasteiger partial charge is 0.285 e. The molecule has 2 aromatic rings. The fourth-order valence-electron chi connectivity index (χ4n) is 2.94. The van der Waals surface area contributed by atoms with Crippen LogP contribution in [0.3, 0.4) is 0 Å². The van der Waals surface area contributed by atoms with E-state index < -0.39 is 22.4 Å². The second-order valence-electron chi connectivity index (χ2n) is 5.99. The molecule has 0 bridgehead atoms. The van der Waals surface area contributed by atoms with Crippen LogP contribution in [0.2, 0.25) is 0 Å². The summed E-state index contributed by atoms with van der Waals surface area (Å²) in [4.78, 5) is 48.5. The van der Waals surface area contributed by atoms with Gasteiger partial charge in [0.25, 0.3) is 11.2 Å². The Hall–Kier alpha value is -3.49. The fourth-order valence-corrected chi connectivity index (χ4v) is 2.94. The summed E-state index contributed by atoms with van der Waals surface area (Å²) >= 11 is 0. The molecule has 0 radical (unpaired) electrons. The number of fused-ring (bicyclic) bond motifs is 1. The van der Waals surface area contributed by atoms with Gasteiger partial charge in [0.2, 0.25) is 11.8 Å². The topological polar surface area (TPSA) is 115 Å². The molecule has 2 amide bonds. The van der Waals surface area contributed by atoms with Gasteiger partial charge in [0.15, 0.2) is 0 Å². The van der Waals surface area contributed by atoms with Gasteiger partial charge in [-0.3, -0.25) is 29.1 Å². The van der Waals surface area contributed by atoms with Crippen LogP contribution in [0.5, 0.6) is 0 Å². The van der Waals surface area contributed by atoms with Gasteiger partial charge in [-0.2, -0.15) is 0 Å². The maximum Gasteiger partial charge on any atom is 0.285 e. The van der Waals surface area contributed by atoms with Gasteiger partial charge in [0.1, 0.15) is 6.54 Å². The molecule has 0 saturated carbocycles. The normalized spacial score (nSPS) is 16.4. The van der Waals surface area contributed by atoms with Crippen LogP contribution in [-0.2, 0) is 16.1 Å². The van der Waals surface area contributed by atoms with E-state index in [1.54, 1.807) is 31.2 Å². The van der Waals surface area contributed by atoms with Gasteiger partial charge in [-0.25, -0.2) is 0 Å². The Bertz CT molecular complexity index is 952. The van der Waals surface area contributed by atoms with E-state index in [2.05, 4.69) is 5.32 Å². The summed E-state index contributed by atoms with van der Waals surface area (Å²) in [6.07, 6.45) is 1.14. The van der Waals surface area contributed by atoms with E-state index in [9.17, 15) is 24.5 Å². The first-order valence-electron chi connectivity index (χ1n) is 7.92. The average Bonchev–Trinajstić information content (AvgIpc) is 2.70. The van der Waals surface area contributed by atoms with Gasteiger partial charge in [0.05, 0.1) is 22.5 Å². The van der Waals surface area contributed by atoms with Crippen molar-refractivity contribution in [2.24, 2.45) is 0 Å². The van der Waals surface area contributed by atoms with Gasteiger partial charge < -0.3 is 10.2 Å². The summed E-state index contributed by atoms with van der Waals surface area (Å²) in [5, 5.41) is 13.6. The Balaban J connectivity index is 1.97. The number of hydrogen-bond donors (Lipinski definition) is 1. The Labute approximate surface area is 148 Å². The lowest BCUT2D eigenvalue weighted by Crippen LogP contribution is -2.42. The predicted molar refractivity (Wildman–Crippen MR) is 94.0 cm³/mol. The van der Waals surface area contributed by atoms with Crippen LogP contribution in [0.4, 0.5) is 17.1 Å².